The van der Waals surface area contributed by atoms with Gasteiger partial charge in [-0.25, -0.2) is 0 Å². The van der Waals surface area contributed by atoms with E-state index in [4.69, 9.17) is 0 Å². The van der Waals surface area contributed by atoms with E-state index in [0.29, 0.717) is 0 Å². The number of rotatable bonds is 6. The third-order valence-electron chi connectivity index (χ3n) is 2.31. The smallest absolute Gasteiger partial charge is 0.00193 e. The van der Waals surface area contributed by atoms with Gasteiger partial charge in [-0.3, -0.25) is 0 Å². The highest BCUT2D eigenvalue weighted by Gasteiger charge is 2.00. The van der Waals surface area contributed by atoms with Crippen LogP contribution in [0, 0.1) is 5.92 Å². The number of hydrogen-bond acceptors (Lipinski definition) is 1. The molecule has 13 heavy (non-hydrogen) atoms. The molecule has 0 aliphatic heterocycles. The van der Waals surface area contributed by atoms with E-state index < -0.39 is 0 Å². The molecule has 0 amide bonds. The van der Waals surface area contributed by atoms with Crippen molar-refractivity contribution in [3.05, 3.63) is 0 Å². The van der Waals surface area contributed by atoms with Crippen LogP contribution in [-0.4, -0.2) is 25.0 Å². The van der Waals surface area contributed by atoms with Crippen molar-refractivity contribution < 1.29 is 0 Å². The lowest BCUT2D eigenvalue weighted by Gasteiger charge is -2.17. The van der Waals surface area contributed by atoms with Gasteiger partial charge in [-0.05, 0) is 38.9 Å². The van der Waals surface area contributed by atoms with E-state index in [1.54, 1.807) is 0 Å². The summed E-state index contributed by atoms with van der Waals surface area (Å²) in [4.78, 5) is 2.42. The van der Waals surface area contributed by atoms with Crippen molar-refractivity contribution >= 4 is 0 Å². The van der Waals surface area contributed by atoms with Gasteiger partial charge in [0.1, 0.15) is 0 Å². The van der Waals surface area contributed by atoms with Crippen molar-refractivity contribution in [3.8, 4) is 0 Å². The Balaban J connectivity index is -0.000000500. The molecule has 0 aliphatic carbocycles. The van der Waals surface area contributed by atoms with Gasteiger partial charge in [0.2, 0.25) is 0 Å². The Morgan fingerprint density at radius 1 is 1.08 bits per heavy atom. The molecule has 0 saturated carbocycles. The van der Waals surface area contributed by atoms with Crippen LogP contribution in [0.15, 0.2) is 0 Å². The van der Waals surface area contributed by atoms with E-state index in [2.05, 4.69) is 32.7 Å². The summed E-state index contributed by atoms with van der Waals surface area (Å²) in [6, 6.07) is 0. The molecule has 0 saturated heterocycles. The lowest BCUT2D eigenvalue weighted by atomic mass is 10.1. The van der Waals surface area contributed by atoms with E-state index in [-0.39, 0.29) is 14.9 Å². The summed E-state index contributed by atoms with van der Waals surface area (Å²) in [5.41, 5.74) is 0. The minimum absolute atomic E-state index is 0. The first kappa shape index (κ1) is 18.7. The first-order chi connectivity index (χ1) is 5.20. The fraction of sp³-hybridized carbons (Fsp3) is 1.00. The summed E-state index contributed by atoms with van der Waals surface area (Å²) >= 11 is 0. The van der Waals surface area contributed by atoms with E-state index in [9.17, 15) is 0 Å². The van der Waals surface area contributed by atoms with Crippen LogP contribution >= 0.6 is 0 Å². The molecule has 1 nitrogen and oxygen atoms in total. The molecule has 0 heterocycles. The van der Waals surface area contributed by atoms with Crippen molar-refractivity contribution in [1.29, 1.82) is 0 Å². The number of hydrogen-bond donors (Lipinski definition) is 0. The van der Waals surface area contributed by atoms with Gasteiger partial charge in [0.25, 0.3) is 0 Å². The molecule has 0 N–H and O–H groups in total. The minimum atomic E-state index is 0. The summed E-state index contributed by atoms with van der Waals surface area (Å²) in [5, 5.41) is 0. The topological polar surface area (TPSA) is 3.24 Å². The summed E-state index contributed by atoms with van der Waals surface area (Å²) in [6.07, 6.45) is 3.95. The molecular formula is C12H31N. The standard InChI is InChI=1S/C10H23N.2CH4/c1-5-8-11(4)9-7-10(3)6-2;;/h10H,5-9H2,1-4H3;2*1H4. The third-order valence-corrected chi connectivity index (χ3v) is 2.31. The van der Waals surface area contributed by atoms with Crippen LogP contribution in [0.5, 0.6) is 0 Å². The fourth-order valence-corrected chi connectivity index (χ4v) is 1.14. The highest BCUT2D eigenvalue weighted by atomic mass is 15.1. The van der Waals surface area contributed by atoms with Crippen molar-refractivity contribution in [2.24, 2.45) is 5.92 Å². The Bertz CT molecular complexity index is 81.2. The van der Waals surface area contributed by atoms with Crippen LogP contribution in [0.25, 0.3) is 0 Å². The molecule has 0 rings (SSSR count). The molecule has 1 heteroatoms. The van der Waals surface area contributed by atoms with Gasteiger partial charge in [-0.1, -0.05) is 42.0 Å². The summed E-state index contributed by atoms with van der Waals surface area (Å²) in [5.74, 6) is 0.898. The maximum atomic E-state index is 2.42. The Kier molecular flexibility index (Phi) is 17.2. The quantitative estimate of drug-likeness (QED) is 0.609. The van der Waals surface area contributed by atoms with Gasteiger partial charge in [0.15, 0.2) is 0 Å². The lowest BCUT2D eigenvalue weighted by Crippen LogP contribution is -2.21. The maximum Gasteiger partial charge on any atom is -0.00193 e. The van der Waals surface area contributed by atoms with Gasteiger partial charge >= 0.3 is 0 Å². The molecule has 0 fully saturated rings. The van der Waals surface area contributed by atoms with Crippen LogP contribution in [0.4, 0.5) is 0 Å². The lowest BCUT2D eigenvalue weighted by molar-refractivity contribution is 0.303. The second-order valence-corrected chi connectivity index (χ2v) is 3.61. The Morgan fingerprint density at radius 2 is 1.62 bits per heavy atom. The van der Waals surface area contributed by atoms with Crippen LogP contribution in [0.3, 0.4) is 0 Å². The van der Waals surface area contributed by atoms with E-state index in [1.165, 1.54) is 32.4 Å². The SMILES string of the molecule is C.C.CCCN(C)CCC(C)CC. The van der Waals surface area contributed by atoms with Crippen molar-refractivity contribution in [3.63, 3.8) is 0 Å². The van der Waals surface area contributed by atoms with Crippen LogP contribution in [0.2, 0.25) is 0 Å². The van der Waals surface area contributed by atoms with Gasteiger partial charge in [-0.2, -0.15) is 0 Å². The van der Waals surface area contributed by atoms with Crippen molar-refractivity contribution in [2.45, 2.75) is 54.9 Å². The predicted octanol–water partition coefficient (Wildman–Crippen LogP) is 4.04. The number of nitrogens with zero attached hydrogens (tertiary/aromatic N) is 1. The largest absolute Gasteiger partial charge is 0.306 e. The molecule has 0 aromatic heterocycles. The molecule has 84 valence electrons. The average Bonchev–Trinajstić information content (AvgIpc) is 2.01. The molecular weight excluding hydrogens is 158 g/mol. The van der Waals surface area contributed by atoms with Gasteiger partial charge < -0.3 is 4.90 Å². The highest BCUT2D eigenvalue weighted by Crippen LogP contribution is 2.06. The molecule has 0 spiro atoms. The zero-order valence-electron chi connectivity index (χ0n) is 8.56. The second kappa shape index (κ2) is 12.0. The Labute approximate surface area is 86.5 Å². The van der Waals surface area contributed by atoms with E-state index in [0.717, 1.165) is 5.92 Å². The average molecular weight is 189 g/mol. The minimum Gasteiger partial charge on any atom is -0.306 e. The summed E-state index contributed by atoms with van der Waals surface area (Å²) in [6.45, 7) is 9.35. The van der Waals surface area contributed by atoms with Gasteiger partial charge in [0.05, 0.1) is 0 Å². The molecule has 0 radical (unpaired) electrons. The molecule has 1 unspecified atom stereocenters. The molecule has 1 atom stereocenters. The van der Waals surface area contributed by atoms with Crippen molar-refractivity contribution in [1.82, 2.24) is 4.90 Å². The van der Waals surface area contributed by atoms with Gasteiger partial charge in [0, 0.05) is 0 Å². The van der Waals surface area contributed by atoms with Gasteiger partial charge in [-0.15, -0.1) is 0 Å². The predicted molar refractivity (Wildman–Crippen MR) is 65.3 cm³/mol. The Morgan fingerprint density at radius 3 is 2.00 bits per heavy atom. The summed E-state index contributed by atoms with van der Waals surface area (Å²) in [7, 11) is 2.21. The second-order valence-electron chi connectivity index (χ2n) is 3.61. The third kappa shape index (κ3) is 12.0. The van der Waals surface area contributed by atoms with Crippen LogP contribution < -0.4 is 0 Å². The maximum absolute atomic E-state index is 2.42. The highest BCUT2D eigenvalue weighted by molar-refractivity contribution is 4.55. The zero-order valence-corrected chi connectivity index (χ0v) is 8.56. The summed E-state index contributed by atoms with van der Waals surface area (Å²) < 4.78 is 0. The van der Waals surface area contributed by atoms with E-state index in [1.807, 2.05) is 0 Å². The normalized spacial score (nSPS) is 11.8. The van der Waals surface area contributed by atoms with Crippen LogP contribution in [0.1, 0.15) is 54.9 Å². The molecule has 0 aliphatic rings. The van der Waals surface area contributed by atoms with E-state index >= 15 is 0 Å². The monoisotopic (exact) mass is 189 g/mol. The molecule has 0 aromatic rings. The zero-order chi connectivity index (χ0) is 8.69. The molecule has 0 aromatic carbocycles. The van der Waals surface area contributed by atoms with Crippen molar-refractivity contribution in [2.75, 3.05) is 20.1 Å². The Hall–Kier alpha value is -0.0400. The first-order valence-corrected chi connectivity index (χ1v) is 4.89. The van der Waals surface area contributed by atoms with Crippen LogP contribution in [-0.2, 0) is 0 Å². The molecule has 0 bridgehead atoms. The first-order valence-electron chi connectivity index (χ1n) is 4.89. The fourth-order valence-electron chi connectivity index (χ4n) is 1.14.